The van der Waals surface area contributed by atoms with Gasteiger partial charge >= 0.3 is 0 Å². The quantitative estimate of drug-likeness (QED) is 0.581. The molecule has 1 saturated heterocycles. The molecule has 0 unspecified atom stereocenters. The highest BCUT2D eigenvalue weighted by atomic mass is 35.5. The van der Waals surface area contributed by atoms with E-state index in [0.29, 0.717) is 47.6 Å². The summed E-state index contributed by atoms with van der Waals surface area (Å²) in [5, 5.41) is 10.7. The van der Waals surface area contributed by atoms with E-state index >= 15 is 0 Å². The molecule has 0 spiro atoms. The molecule has 162 valence electrons. The van der Waals surface area contributed by atoms with Gasteiger partial charge in [0.25, 0.3) is 0 Å². The first-order chi connectivity index (χ1) is 15.0. The van der Waals surface area contributed by atoms with Crippen molar-refractivity contribution >= 4 is 29.1 Å². The Kier molecular flexibility index (Phi) is 6.80. The average molecular weight is 460 g/mol. The van der Waals surface area contributed by atoms with E-state index in [4.69, 9.17) is 27.6 Å². The maximum absolute atomic E-state index is 12.6. The second kappa shape index (κ2) is 9.73. The van der Waals surface area contributed by atoms with Crippen LogP contribution < -0.4 is 0 Å². The molecular formula is C23H23Cl2N3O3. The van der Waals surface area contributed by atoms with Crippen molar-refractivity contribution in [3.63, 3.8) is 0 Å². The van der Waals surface area contributed by atoms with E-state index in [-0.39, 0.29) is 11.7 Å². The number of hydrogen-bond acceptors (Lipinski definition) is 5. The van der Waals surface area contributed by atoms with E-state index in [2.05, 4.69) is 9.88 Å². The largest absolute Gasteiger partial charge is 0.508 e. The fraction of sp³-hybridized carbons (Fsp3) is 0.304. The van der Waals surface area contributed by atoms with Gasteiger partial charge in [0.15, 0.2) is 11.7 Å². The van der Waals surface area contributed by atoms with Crippen LogP contribution in [0.5, 0.6) is 5.75 Å². The van der Waals surface area contributed by atoms with E-state index in [9.17, 15) is 9.90 Å². The number of phenolic OH excluding ortho intramolecular Hbond substituents is 1. The number of oxazole rings is 1. The summed E-state index contributed by atoms with van der Waals surface area (Å²) in [5.41, 5.74) is 1.79. The van der Waals surface area contributed by atoms with Crippen LogP contribution in [0.1, 0.15) is 17.9 Å². The van der Waals surface area contributed by atoms with Crippen molar-refractivity contribution in [2.24, 2.45) is 0 Å². The van der Waals surface area contributed by atoms with Crippen LogP contribution in [0.3, 0.4) is 0 Å². The highest BCUT2D eigenvalue weighted by molar-refractivity contribution is 6.36. The summed E-state index contributed by atoms with van der Waals surface area (Å²) in [5.74, 6) is 1.45. The topological polar surface area (TPSA) is 69.8 Å². The number of aromatic nitrogens is 1. The van der Waals surface area contributed by atoms with E-state index in [1.165, 1.54) is 0 Å². The summed E-state index contributed by atoms with van der Waals surface area (Å²) in [6.07, 6.45) is 2.41. The number of carbonyl (C=O) groups excluding carboxylic acids is 1. The van der Waals surface area contributed by atoms with Gasteiger partial charge < -0.3 is 14.4 Å². The van der Waals surface area contributed by atoms with Gasteiger partial charge in [-0.05, 0) is 35.9 Å². The number of piperazine rings is 1. The Morgan fingerprint density at radius 1 is 1.10 bits per heavy atom. The molecule has 0 atom stereocenters. The third-order valence-electron chi connectivity index (χ3n) is 5.34. The Morgan fingerprint density at radius 2 is 1.90 bits per heavy atom. The Balaban J connectivity index is 1.26. The smallest absolute Gasteiger partial charge is 0.223 e. The standard InChI is InChI=1S/C23H23Cl2N3O3/c24-17-4-5-19(20(25)13-17)21-14-26-22(31-21)6-7-23(30)28-10-8-27(9-11-28)15-16-2-1-3-18(29)12-16/h1-5,12-14,29H,6-11,15H2. The lowest BCUT2D eigenvalue weighted by atomic mass is 10.2. The number of phenols is 1. The first kappa shape index (κ1) is 21.7. The molecule has 0 saturated carbocycles. The number of halogens is 2. The lowest BCUT2D eigenvalue weighted by Crippen LogP contribution is -2.48. The summed E-state index contributed by atoms with van der Waals surface area (Å²) in [4.78, 5) is 21.1. The maximum Gasteiger partial charge on any atom is 0.223 e. The zero-order valence-electron chi connectivity index (χ0n) is 16.9. The summed E-state index contributed by atoms with van der Waals surface area (Å²) in [7, 11) is 0. The average Bonchev–Trinajstić information content (AvgIpc) is 3.21. The number of amides is 1. The van der Waals surface area contributed by atoms with Crippen molar-refractivity contribution in [3.05, 3.63) is 70.2 Å². The van der Waals surface area contributed by atoms with Crippen molar-refractivity contribution in [2.75, 3.05) is 26.2 Å². The molecule has 1 fully saturated rings. The fourth-order valence-electron chi connectivity index (χ4n) is 3.68. The van der Waals surface area contributed by atoms with E-state index in [1.54, 1.807) is 36.5 Å². The Bertz CT molecular complexity index is 1060. The minimum absolute atomic E-state index is 0.0984. The molecule has 2 aromatic carbocycles. The normalized spacial score (nSPS) is 14.7. The van der Waals surface area contributed by atoms with E-state index in [1.807, 2.05) is 17.0 Å². The van der Waals surface area contributed by atoms with Crippen LogP contribution in [-0.2, 0) is 17.8 Å². The molecule has 0 radical (unpaired) electrons. The molecular weight excluding hydrogens is 437 g/mol. The lowest BCUT2D eigenvalue weighted by molar-refractivity contribution is -0.133. The minimum atomic E-state index is 0.0984. The molecule has 8 heteroatoms. The fourth-order valence-corrected chi connectivity index (χ4v) is 4.18. The number of rotatable bonds is 6. The molecule has 1 aliphatic heterocycles. The van der Waals surface area contributed by atoms with Crippen LogP contribution in [0.15, 0.2) is 53.1 Å². The molecule has 4 rings (SSSR count). The van der Waals surface area contributed by atoms with Gasteiger partial charge in [0, 0.05) is 56.2 Å². The number of aromatic hydroxyl groups is 1. The highest BCUT2D eigenvalue weighted by Crippen LogP contribution is 2.31. The Hall–Kier alpha value is -2.54. The molecule has 2 heterocycles. The first-order valence-corrected chi connectivity index (χ1v) is 10.9. The van der Waals surface area contributed by atoms with Crippen LogP contribution in [-0.4, -0.2) is 52.0 Å². The summed E-state index contributed by atoms with van der Waals surface area (Å²) >= 11 is 12.2. The summed E-state index contributed by atoms with van der Waals surface area (Å²) in [6.45, 7) is 3.76. The minimum Gasteiger partial charge on any atom is -0.508 e. The van der Waals surface area contributed by atoms with Gasteiger partial charge in [-0.2, -0.15) is 0 Å². The second-order valence-corrected chi connectivity index (χ2v) is 8.41. The third kappa shape index (κ3) is 5.58. The molecule has 0 bridgehead atoms. The number of benzene rings is 2. The third-order valence-corrected chi connectivity index (χ3v) is 5.89. The first-order valence-electron chi connectivity index (χ1n) is 10.2. The zero-order chi connectivity index (χ0) is 21.8. The monoisotopic (exact) mass is 459 g/mol. The van der Waals surface area contributed by atoms with Crippen molar-refractivity contribution in [1.29, 1.82) is 0 Å². The van der Waals surface area contributed by atoms with Crippen LogP contribution in [0.4, 0.5) is 0 Å². The molecule has 3 aromatic rings. The van der Waals surface area contributed by atoms with Gasteiger partial charge in [-0.1, -0.05) is 35.3 Å². The number of nitrogens with zero attached hydrogens (tertiary/aromatic N) is 3. The number of carbonyl (C=O) groups is 1. The molecule has 1 amide bonds. The second-order valence-electron chi connectivity index (χ2n) is 7.57. The van der Waals surface area contributed by atoms with Gasteiger partial charge in [0.1, 0.15) is 5.75 Å². The van der Waals surface area contributed by atoms with Crippen molar-refractivity contribution in [2.45, 2.75) is 19.4 Å². The Labute approximate surface area is 191 Å². The predicted octanol–water partition coefficient (Wildman–Crippen LogP) is 4.63. The van der Waals surface area contributed by atoms with Gasteiger partial charge in [-0.25, -0.2) is 4.98 Å². The lowest BCUT2D eigenvalue weighted by Gasteiger charge is -2.34. The number of hydrogen-bond donors (Lipinski definition) is 1. The maximum atomic E-state index is 12.6. The van der Waals surface area contributed by atoms with Crippen molar-refractivity contribution in [3.8, 4) is 17.1 Å². The van der Waals surface area contributed by atoms with Crippen LogP contribution in [0.2, 0.25) is 10.0 Å². The molecule has 1 aliphatic rings. The molecule has 1 aromatic heterocycles. The van der Waals surface area contributed by atoms with Gasteiger partial charge in [0.05, 0.1) is 11.2 Å². The Morgan fingerprint density at radius 3 is 2.65 bits per heavy atom. The van der Waals surface area contributed by atoms with Gasteiger partial charge in [-0.15, -0.1) is 0 Å². The molecule has 0 aliphatic carbocycles. The molecule has 6 nitrogen and oxygen atoms in total. The summed E-state index contributed by atoms with van der Waals surface area (Å²) < 4.78 is 5.78. The van der Waals surface area contributed by atoms with Gasteiger partial charge in [-0.3, -0.25) is 9.69 Å². The number of aryl methyl sites for hydroxylation is 1. The van der Waals surface area contributed by atoms with Crippen LogP contribution in [0, 0.1) is 0 Å². The predicted molar refractivity (Wildman–Crippen MR) is 120 cm³/mol. The van der Waals surface area contributed by atoms with Gasteiger partial charge in [0.2, 0.25) is 5.91 Å². The van der Waals surface area contributed by atoms with E-state index in [0.717, 1.165) is 30.8 Å². The molecule has 31 heavy (non-hydrogen) atoms. The van der Waals surface area contributed by atoms with E-state index < -0.39 is 0 Å². The van der Waals surface area contributed by atoms with Crippen molar-refractivity contribution < 1.29 is 14.3 Å². The van der Waals surface area contributed by atoms with Crippen molar-refractivity contribution in [1.82, 2.24) is 14.8 Å². The summed E-state index contributed by atoms with van der Waals surface area (Å²) in [6, 6.07) is 12.5. The SMILES string of the molecule is O=C(CCc1ncc(-c2ccc(Cl)cc2Cl)o1)N1CCN(Cc2cccc(O)c2)CC1. The molecule has 1 N–H and O–H groups in total. The van der Waals surface area contributed by atoms with Crippen LogP contribution >= 0.6 is 23.2 Å². The zero-order valence-corrected chi connectivity index (χ0v) is 18.4. The van der Waals surface area contributed by atoms with Crippen LogP contribution in [0.25, 0.3) is 11.3 Å². The highest BCUT2D eigenvalue weighted by Gasteiger charge is 2.21.